The van der Waals surface area contributed by atoms with E-state index in [-0.39, 0.29) is 29.2 Å². The molecule has 4 nitrogen and oxygen atoms in total. The van der Waals surface area contributed by atoms with Gasteiger partial charge in [-0.2, -0.15) is 0 Å². The van der Waals surface area contributed by atoms with E-state index in [0.717, 1.165) is 17.5 Å². The Balaban J connectivity index is 1.55. The molecule has 1 atom stereocenters. The maximum atomic E-state index is 13.0. The number of benzene rings is 2. The highest BCUT2D eigenvalue weighted by Gasteiger charge is 2.29. The Morgan fingerprint density at radius 1 is 1.00 bits per heavy atom. The highest BCUT2D eigenvalue weighted by molar-refractivity contribution is 5.92. The molecule has 0 saturated carbocycles. The lowest BCUT2D eigenvalue weighted by molar-refractivity contribution is -0.132. The van der Waals surface area contributed by atoms with Crippen LogP contribution in [-0.2, 0) is 9.59 Å². The van der Waals surface area contributed by atoms with E-state index in [4.69, 9.17) is 0 Å². The summed E-state index contributed by atoms with van der Waals surface area (Å²) in [5.74, 6) is 0.0657. The standard InChI is InChI=1S/C27H34N2O2/c1-27(2,3)20-24(22-12-8-5-9-13-22)28-26(31)23-16-18-29(19-17-23)25(30)15-14-21-10-6-4-7-11-21/h4-15,23-24H,16-20H2,1-3H3,(H,28,31)/b15-14+. The van der Waals surface area contributed by atoms with Gasteiger partial charge in [-0.05, 0) is 41.9 Å². The Kier molecular flexibility index (Phi) is 7.67. The van der Waals surface area contributed by atoms with Gasteiger partial charge in [0.25, 0.3) is 0 Å². The first-order valence-electron chi connectivity index (χ1n) is 11.2. The Hall–Kier alpha value is -2.88. The number of carbonyl (C=O) groups excluding carboxylic acids is 2. The van der Waals surface area contributed by atoms with Crippen LogP contribution in [0.1, 0.15) is 57.2 Å². The second kappa shape index (κ2) is 10.4. The lowest BCUT2D eigenvalue weighted by atomic mass is 9.85. The van der Waals surface area contributed by atoms with Crippen molar-refractivity contribution in [3.63, 3.8) is 0 Å². The van der Waals surface area contributed by atoms with Gasteiger partial charge in [-0.1, -0.05) is 81.4 Å². The highest BCUT2D eigenvalue weighted by atomic mass is 16.2. The smallest absolute Gasteiger partial charge is 0.246 e. The van der Waals surface area contributed by atoms with Crippen molar-refractivity contribution in [3.05, 3.63) is 77.9 Å². The Bertz CT molecular complexity index is 876. The van der Waals surface area contributed by atoms with E-state index in [9.17, 15) is 9.59 Å². The summed E-state index contributed by atoms with van der Waals surface area (Å²) in [4.78, 5) is 27.4. The fraction of sp³-hybridized carbons (Fsp3) is 0.407. The Morgan fingerprint density at radius 2 is 1.58 bits per heavy atom. The molecule has 164 valence electrons. The van der Waals surface area contributed by atoms with Gasteiger partial charge >= 0.3 is 0 Å². The quantitative estimate of drug-likeness (QED) is 0.653. The summed E-state index contributed by atoms with van der Waals surface area (Å²) in [5.41, 5.74) is 2.26. The van der Waals surface area contributed by atoms with Crippen molar-refractivity contribution < 1.29 is 9.59 Å². The molecule has 0 radical (unpaired) electrons. The molecule has 31 heavy (non-hydrogen) atoms. The molecule has 4 heteroatoms. The van der Waals surface area contributed by atoms with E-state index in [1.165, 1.54) is 0 Å². The first kappa shape index (κ1) is 22.8. The van der Waals surface area contributed by atoms with Gasteiger partial charge in [0.2, 0.25) is 11.8 Å². The van der Waals surface area contributed by atoms with Crippen molar-refractivity contribution >= 4 is 17.9 Å². The van der Waals surface area contributed by atoms with Gasteiger partial charge in [-0.15, -0.1) is 0 Å². The number of carbonyl (C=O) groups is 2. The maximum absolute atomic E-state index is 13.0. The number of hydrogen-bond donors (Lipinski definition) is 1. The predicted octanol–water partition coefficient (Wildman–Crippen LogP) is 5.23. The number of rotatable bonds is 6. The summed E-state index contributed by atoms with van der Waals surface area (Å²) >= 11 is 0. The van der Waals surface area contributed by atoms with E-state index >= 15 is 0 Å². The Morgan fingerprint density at radius 3 is 2.16 bits per heavy atom. The van der Waals surface area contributed by atoms with Crippen molar-refractivity contribution in [2.45, 2.75) is 46.1 Å². The minimum Gasteiger partial charge on any atom is -0.349 e. The van der Waals surface area contributed by atoms with Crippen molar-refractivity contribution in [2.24, 2.45) is 11.3 Å². The molecule has 1 N–H and O–H groups in total. The van der Waals surface area contributed by atoms with E-state index in [0.29, 0.717) is 25.9 Å². The summed E-state index contributed by atoms with van der Waals surface area (Å²) in [6, 6.07) is 20.0. The molecule has 1 fully saturated rings. The molecule has 2 aromatic carbocycles. The van der Waals surface area contributed by atoms with Crippen molar-refractivity contribution in [2.75, 3.05) is 13.1 Å². The van der Waals surface area contributed by atoms with Crippen LogP contribution in [0.15, 0.2) is 66.7 Å². The molecule has 1 aliphatic rings. The number of hydrogen-bond acceptors (Lipinski definition) is 2. The normalized spacial score (nSPS) is 16.3. The van der Waals surface area contributed by atoms with Gasteiger partial charge < -0.3 is 10.2 Å². The van der Waals surface area contributed by atoms with Crippen LogP contribution in [0.5, 0.6) is 0 Å². The highest BCUT2D eigenvalue weighted by Crippen LogP contribution is 2.30. The summed E-state index contributed by atoms with van der Waals surface area (Å²) < 4.78 is 0. The minimum absolute atomic E-state index is 0.00201. The van der Waals surface area contributed by atoms with E-state index in [2.05, 4.69) is 38.2 Å². The van der Waals surface area contributed by atoms with Crippen LogP contribution in [0.25, 0.3) is 6.08 Å². The third-order valence-corrected chi connectivity index (χ3v) is 5.73. The van der Waals surface area contributed by atoms with E-state index in [1.54, 1.807) is 6.08 Å². The fourth-order valence-electron chi connectivity index (χ4n) is 4.04. The molecule has 0 aromatic heterocycles. The number of nitrogens with zero attached hydrogens (tertiary/aromatic N) is 1. The van der Waals surface area contributed by atoms with Crippen LogP contribution in [0.2, 0.25) is 0 Å². The lowest BCUT2D eigenvalue weighted by Crippen LogP contribution is -2.43. The zero-order valence-electron chi connectivity index (χ0n) is 18.9. The summed E-state index contributed by atoms with van der Waals surface area (Å²) in [6.07, 6.45) is 5.76. The SMILES string of the molecule is CC(C)(C)CC(NC(=O)C1CCN(C(=O)/C=C/c2ccccc2)CC1)c1ccccc1. The van der Waals surface area contributed by atoms with Gasteiger partial charge in [0.1, 0.15) is 0 Å². The molecule has 1 heterocycles. The second-order valence-corrected chi connectivity index (χ2v) is 9.58. The molecular formula is C27H34N2O2. The van der Waals surface area contributed by atoms with Crippen molar-refractivity contribution in [1.82, 2.24) is 10.2 Å². The van der Waals surface area contributed by atoms with Crippen molar-refractivity contribution in [3.8, 4) is 0 Å². The van der Waals surface area contributed by atoms with Crippen LogP contribution in [-0.4, -0.2) is 29.8 Å². The van der Waals surface area contributed by atoms with Gasteiger partial charge in [0.15, 0.2) is 0 Å². The number of amides is 2. The van der Waals surface area contributed by atoms with Gasteiger partial charge in [-0.3, -0.25) is 9.59 Å². The maximum Gasteiger partial charge on any atom is 0.246 e. The molecule has 0 aliphatic carbocycles. The van der Waals surface area contributed by atoms with Crippen LogP contribution >= 0.6 is 0 Å². The Labute approximate surface area is 186 Å². The molecule has 1 saturated heterocycles. The van der Waals surface area contributed by atoms with Crippen LogP contribution in [0, 0.1) is 11.3 Å². The van der Waals surface area contributed by atoms with Gasteiger partial charge in [0, 0.05) is 25.1 Å². The summed E-state index contributed by atoms with van der Waals surface area (Å²) in [5, 5.41) is 3.29. The van der Waals surface area contributed by atoms with E-state index < -0.39 is 0 Å². The largest absolute Gasteiger partial charge is 0.349 e. The van der Waals surface area contributed by atoms with Gasteiger partial charge in [-0.25, -0.2) is 0 Å². The molecule has 0 spiro atoms. The molecule has 2 aromatic rings. The average Bonchev–Trinajstić information content (AvgIpc) is 2.77. The van der Waals surface area contributed by atoms with Gasteiger partial charge in [0.05, 0.1) is 6.04 Å². The fourth-order valence-corrected chi connectivity index (χ4v) is 4.04. The third-order valence-electron chi connectivity index (χ3n) is 5.73. The van der Waals surface area contributed by atoms with Crippen LogP contribution in [0.4, 0.5) is 0 Å². The number of nitrogens with one attached hydrogen (secondary N) is 1. The van der Waals surface area contributed by atoms with Crippen LogP contribution in [0.3, 0.4) is 0 Å². The van der Waals surface area contributed by atoms with Crippen molar-refractivity contribution in [1.29, 1.82) is 0 Å². The first-order valence-corrected chi connectivity index (χ1v) is 11.2. The predicted molar refractivity (Wildman–Crippen MR) is 126 cm³/mol. The molecule has 2 amide bonds. The zero-order chi connectivity index (χ0) is 22.3. The van der Waals surface area contributed by atoms with E-state index in [1.807, 2.05) is 59.5 Å². The number of likely N-dealkylation sites (tertiary alicyclic amines) is 1. The number of piperidine rings is 1. The summed E-state index contributed by atoms with van der Waals surface area (Å²) in [6.45, 7) is 7.82. The minimum atomic E-state index is -0.0478. The molecule has 0 bridgehead atoms. The second-order valence-electron chi connectivity index (χ2n) is 9.58. The lowest BCUT2D eigenvalue weighted by Gasteiger charge is -2.33. The topological polar surface area (TPSA) is 49.4 Å². The summed E-state index contributed by atoms with van der Waals surface area (Å²) in [7, 11) is 0. The molecule has 1 aliphatic heterocycles. The molecule has 3 rings (SSSR count). The third kappa shape index (κ3) is 7.09. The molecule has 1 unspecified atom stereocenters. The monoisotopic (exact) mass is 418 g/mol. The average molecular weight is 419 g/mol. The molecular weight excluding hydrogens is 384 g/mol. The first-order chi connectivity index (χ1) is 14.8. The van der Waals surface area contributed by atoms with Crippen LogP contribution < -0.4 is 5.32 Å². The zero-order valence-corrected chi connectivity index (χ0v) is 18.9.